The van der Waals surface area contributed by atoms with Crippen molar-refractivity contribution < 1.29 is 9.53 Å². The summed E-state index contributed by atoms with van der Waals surface area (Å²) in [6, 6.07) is 13.0. The van der Waals surface area contributed by atoms with Crippen LogP contribution in [0.25, 0.3) is 0 Å². The average molecular weight is 369 g/mol. The number of hydrogen-bond donors (Lipinski definition) is 1. The molecule has 0 radical (unpaired) electrons. The van der Waals surface area contributed by atoms with Gasteiger partial charge in [-0.05, 0) is 58.7 Å². The molecule has 0 atom stereocenters. The Hall–Kier alpha value is -1.52. The first-order valence-electron chi connectivity index (χ1n) is 6.49. The van der Waals surface area contributed by atoms with Crippen molar-refractivity contribution in [2.45, 2.75) is 13.3 Å². The standard InChI is InChI=1S/C16H15BrClNO2/c1-11-3-2-4-13(9-11)21-8-7-16(20)19-12-5-6-14(17)15(18)10-12/h2-6,9-10H,7-8H2,1H3,(H,19,20). The van der Waals surface area contributed by atoms with Crippen LogP contribution in [0, 0.1) is 6.92 Å². The second-order valence-electron chi connectivity index (χ2n) is 4.59. The molecule has 2 rings (SSSR count). The summed E-state index contributed by atoms with van der Waals surface area (Å²) in [4.78, 5) is 11.8. The largest absolute Gasteiger partial charge is 0.493 e. The van der Waals surface area contributed by atoms with Gasteiger partial charge < -0.3 is 10.1 Å². The third-order valence-electron chi connectivity index (χ3n) is 2.79. The minimum absolute atomic E-state index is 0.110. The average Bonchev–Trinajstić information content (AvgIpc) is 2.43. The number of halogens is 2. The van der Waals surface area contributed by atoms with Crippen molar-refractivity contribution in [3.63, 3.8) is 0 Å². The maximum atomic E-state index is 11.8. The summed E-state index contributed by atoms with van der Waals surface area (Å²) in [7, 11) is 0. The molecule has 21 heavy (non-hydrogen) atoms. The number of hydrogen-bond acceptors (Lipinski definition) is 2. The Kier molecular flexibility index (Phi) is 5.65. The molecule has 0 bridgehead atoms. The molecule has 0 saturated heterocycles. The second-order valence-corrected chi connectivity index (χ2v) is 5.85. The first-order chi connectivity index (χ1) is 10.0. The van der Waals surface area contributed by atoms with Crippen LogP contribution >= 0.6 is 27.5 Å². The minimum Gasteiger partial charge on any atom is -0.493 e. The number of benzene rings is 2. The van der Waals surface area contributed by atoms with Crippen LogP contribution in [-0.2, 0) is 4.79 Å². The highest BCUT2D eigenvalue weighted by Gasteiger charge is 2.05. The Morgan fingerprint density at radius 1 is 1.29 bits per heavy atom. The monoisotopic (exact) mass is 367 g/mol. The highest BCUT2D eigenvalue weighted by molar-refractivity contribution is 9.10. The van der Waals surface area contributed by atoms with Crippen molar-refractivity contribution >= 4 is 39.1 Å². The number of nitrogens with one attached hydrogen (secondary N) is 1. The Morgan fingerprint density at radius 3 is 2.81 bits per heavy atom. The van der Waals surface area contributed by atoms with Crippen LogP contribution < -0.4 is 10.1 Å². The van der Waals surface area contributed by atoms with Gasteiger partial charge in [0.25, 0.3) is 0 Å². The highest BCUT2D eigenvalue weighted by atomic mass is 79.9. The zero-order valence-electron chi connectivity index (χ0n) is 11.5. The van der Waals surface area contributed by atoms with Crippen LogP contribution in [0.1, 0.15) is 12.0 Å². The smallest absolute Gasteiger partial charge is 0.227 e. The molecule has 0 spiro atoms. The van der Waals surface area contributed by atoms with E-state index in [1.165, 1.54) is 0 Å². The van der Waals surface area contributed by atoms with Gasteiger partial charge in [-0.15, -0.1) is 0 Å². The second kappa shape index (κ2) is 7.48. The van der Waals surface area contributed by atoms with Gasteiger partial charge in [-0.3, -0.25) is 4.79 Å². The zero-order chi connectivity index (χ0) is 15.2. The number of carbonyl (C=O) groups is 1. The molecule has 110 valence electrons. The molecule has 0 heterocycles. The molecule has 5 heteroatoms. The summed E-state index contributed by atoms with van der Waals surface area (Å²) < 4.78 is 6.34. The Balaban J connectivity index is 1.81. The maximum absolute atomic E-state index is 11.8. The molecule has 0 saturated carbocycles. The van der Waals surface area contributed by atoms with Gasteiger partial charge in [0, 0.05) is 10.2 Å². The normalized spacial score (nSPS) is 10.2. The number of carbonyl (C=O) groups excluding carboxylic acids is 1. The third-order valence-corrected chi connectivity index (χ3v) is 4.02. The highest BCUT2D eigenvalue weighted by Crippen LogP contribution is 2.25. The summed E-state index contributed by atoms with van der Waals surface area (Å²) in [5.41, 5.74) is 1.80. The Bertz CT molecular complexity index is 646. The van der Waals surface area contributed by atoms with E-state index in [-0.39, 0.29) is 12.3 Å². The van der Waals surface area contributed by atoms with Crippen LogP contribution in [0.15, 0.2) is 46.9 Å². The van der Waals surface area contributed by atoms with Gasteiger partial charge in [-0.1, -0.05) is 23.7 Å². The molecule has 0 aliphatic heterocycles. The van der Waals surface area contributed by atoms with E-state index < -0.39 is 0 Å². The van der Waals surface area contributed by atoms with Gasteiger partial charge in [0.15, 0.2) is 0 Å². The third kappa shape index (κ3) is 5.06. The number of aryl methyl sites for hydroxylation is 1. The molecule has 0 unspecified atom stereocenters. The minimum atomic E-state index is -0.110. The summed E-state index contributed by atoms with van der Waals surface area (Å²) in [6.45, 7) is 2.33. The fraction of sp³-hybridized carbons (Fsp3) is 0.188. The molecule has 2 aromatic carbocycles. The summed E-state index contributed by atoms with van der Waals surface area (Å²) in [5, 5.41) is 3.34. The SMILES string of the molecule is Cc1cccc(OCCC(=O)Nc2ccc(Br)c(Cl)c2)c1. The number of anilines is 1. The van der Waals surface area contributed by atoms with E-state index in [9.17, 15) is 4.79 Å². The number of rotatable bonds is 5. The van der Waals surface area contributed by atoms with Crippen LogP contribution in [0.2, 0.25) is 5.02 Å². The van der Waals surface area contributed by atoms with Crippen molar-refractivity contribution in [1.29, 1.82) is 0 Å². The van der Waals surface area contributed by atoms with Crippen molar-refractivity contribution in [3.8, 4) is 5.75 Å². The fourth-order valence-corrected chi connectivity index (χ4v) is 2.19. The molecule has 0 aliphatic rings. The lowest BCUT2D eigenvalue weighted by molar-refractivity contribution is -0.116. The van der Waals surface area contributed by atoms with E-state index in [0.717, 1.165) is 15.8 Å². The molecule has 0 fully saturated rings. The molecular formula is C16H15BrClNO2. The molecule has 1 N–H and O–H groups in total. The van der Waals surface area contributed by atoms with Gasteiger partial charge >= 0.3 is 0 Å². The summed E-state index contributed by atoms with van der Waals surface area (Å²) in [5.74, 6) is 0.663. The van der Waals surface area contributed by atoms with Crippen LogP contribution in [-0.4, -0.2) is 12.5 Å². The number of ether oxygens (including phenoxy) is 1. The lowest BCUT2D eigenvalue weighted by atomic mass is 10.2. The van der Waals surface area contributed by atoms with Gasteiger partial charge in [-0.25, -0.2) is 0 Å². The Morgan fingerprint density at radius 2 is 2.10 bits per heavy atom. The molecule has 1 amide bonds. The summed E-state index contributed by atoms with van der Waals surface area (Å²) in [6.07, 6.45) is 0.279. The van der Waals surface area contributed by atoms with Gasteiger partial charge in [0.1, 0.15) is 5.75 Å². The van der Waals surface area contributed by atoms with Crippen LogP contribution in [0.4, 0.5) is 5.69 Å². The van der Waals surface area contributed by atoms with Crippen molar-refractivity contribution in [2.75, 3.05) is 11.9 Å². The van der Waals surface area contributed by atoms with Crippen molar-refractivity contribution in [2.24, 2.45) is 0 Å². The van der Waals surface area contributed by atoms with Crippen molar-refractivity contribution in [1.82, 2.24) is 0 Å². The van der Waals surface area contributed by atoms with Gasteiger partial charge in [0.05, 0.1) is 18.1 Å². The van der Waals surface area contributed by atoms with E-state index in [1.54, 1.807) is 18.2 Å². The lowest BCUT2D eigenvalue weighted by Gasteiger charge is -2.08. The maximum Gasteiger partial charge on any atom is 0.227 e. The quantitative estimate of drug-likeness (QED) is 0.822. The molecule has 3 nitrogen and oxygen atoms in total. The predicted octanol–water partition coefficient (Wildman–Crippen LogP) is 4.82. The van der Waals surface area contributed by atoms with E-state index in [0.29, 0.717) is 17.3 Å². The van der Waals surface area contributed by atoms with Crippen LogP contribution in [0.5, 0.6) is 5.75 Å². The van der Waals surface area contributed by atoms with E-state index >= 15 is 0 Å². The van der Waals surface area contributed by atoms with E-state index in [4.69, 9.17) is 16.3 Å². The molecule has 2 aromatic rings. The zero-order valence-corrected chi connectivity index (χ0v) is 13.9. The van der Waals surface area contributed by atoms with E-state index in [2.05, 4.69) is 21.2 Å². The first-order valence-corrected chi connectivity index (χ1v) is 7.66. The summed E-state index contributed by atoms with van der Waals surface area (Å²) >= 11 is 9.28. The first kappa shape index (κ1) is 15.9. The molecule has 0 aliphatic carbocycles. The fourth-order valence-electron chi connectivity index (χ4n) is 1.76. The predicted molar refractivity (Wildman–Crippen MR) is 89.1 cm³/mol. The van der Waals surface area contributed by atoms with E-state index in [1.807, 2.05) is 31.2 Å². The van der Waals surface area contributed by atoms with Gasteiger partial charge in [0.2, 0.25) is 5.91 Å². The van der Waals surface area contributed by atoms with Crippen LogP contribution in [0.3, 0.4) is 0 Å². The topological polar surface area (TPSA) is 38.3 Å². The van der Waals surface area contributed by atoms with Gasteiger partial charge in [-0.2, -0.15) is 0 Å². The van der Waals surface area contributed by atoms with Crippen molar-refractivity contribution in [3.05, 3.63) is 57.5 Å². The number of amides is 1. The molecular weight excluding hydrogens is 354 g/mol. The Labute approximate surface area is 137 Å². The lowest BCUT2D eigenvalue weighted by Crippen LogP contribution is -2.15. The molecule has 0 aromatic heterocycles.